The molecule has 0 aliphatic heterocycles. The molecule has 144 valence electrons. The Balaban J connectivity index is 2.27. The van der Waals surface area contributed by atoms with Crippen molar-refractivity contribution in [1.29, 1.82) is 0 Å². The fraction of sp³-hybridized carbons (Fsp3) is 0.429. The van der Waals surface area contributed by atoms with Crippen LogP contribution in [0.4, 0.5) is 5.69 Å². The van der Waals surface area contributed by atoms with E-state index in [0.717, 1.165) is 54.0 Å². The molecular formula is C21H26Cl2N4. The number of rotatable bonds is 7. The Hall–Kier alpha value is -1.78. The molecule has 0 fully saturated rings. The van der Waals surface area contributed by atoms with Crippen LogP contribution in [-0.2, 0) is 6.54 Å². The summed E-state index contributed by atoms with van der Waals surface area (Å²) in [6.45, 7) is 11.3. The summed E-state index contributed by atoms with van der Waals surface area (Å²) in [6, 6.07) is 7.69. The van der Waals surface area contributed by atoms with Crippen molar-refractivity contribution in [1.82, 2.24) is 14.8 Å². The van der Waals surface area contributed by atoms with Gasteiger partial charge >= 0.3 is 0 Å². The molecule has 1 aromatic carbocycles. The number of halogens is 2. The Bertz CT molecular complexity index is 949. The molecule has 0 aliphatic carbocycles. The van der Waals surface area contributed by atoms with E-state index in [2.05, 4.69) is 31.7 Å². The van der Waals surface area contributed by atoms with Crippen LogP contribution in [0.1, 0.15) is 39.3 Å². The Kier molecular flexibility index (Phi) is 6.28. The van der Waals surface area contributed by atoms with E-state index in [-0.39, 0.29) is 0 Å². The third-order valence-corrected chi connectivity index (χ3v) is 5.34. The van der Waals surface area contributed by atoms with E-state index in [1.54, 1.807) is 6.07 Å². The van der Waals surface area contributed by atoms with E-state index in [0.29, 0.717) is 10.0 Å². The van der Waals surface area contributed by atoms with Crippen molar-refractivity contribution in [3.8, 4) is 11.3 Å². The van der Waals surface area contributed by atoms with E-state index in [1.807, 2.05) is 23.7 Å². The fourth-order valence-corrected chi connectivity index (χ4v) is 3.92. The molecule has 2 heterocycles. The molecule has 2 aromatic heterocycles. The molecule has 6 heteroatoms. The molecule has 4 nitrogen and oxygen atoms in total. The van der Waals surface area contributed by atoms with Gasteiger partial charge in [-0.15, -0.1) is 0 Å². The molecule has 3 rings (SSSR count). The van der Waals surface area contributed by atoms with Gasteiger partial charge < -0.3 is 4.90 Å². The minimum Gasteiger partial charge on any atom is -0.370 e. The zero-order chi connectivity index (χ0) is 19.6. The zero-order valence-corrected chi connectivity index (χ0v) is 17.9. The van der Waals surface area contributed by atoms with Crippen LogP contribution < -0.4 is 4.90 Å². The van der Waals surface area contributed by atoms with Crippen LogP contribution in [0.3, 0.4) is 0 Å². The van der Waals surface area contributed by atoms with Gasteiger partial charge in [-0.2, -0.15) is 5.10 Å². The van der Waals surface area contributed by atoms with Gasteiger partial charge in [0.1, 0.15) is 16.7 Å². The van der Waals surface area contributed by atoms with Crippen molar-refractivity contribution in [3.63, 3.8) is 0 Å². The SMILES string of the molecule is CCCCN(CC)c1cc(C)nc2c(-c3ccc(Cl)cc3Cl)nn(CC)c12. The number of anilines is 1. The number of pyridine rings is 1. The van der Waals surface area contributed by atoms with Crippen LogP contribution in [0.2, 0.25) is 10.0 Å². The minimum absolute atomic E-state index is 0.591. The van der Waals surface area contributed by atoms with E-state index >= 15 is 0 Å². The second kappa shape index (κ2) is 8.49. The molecular weight excluding hydrogens is 379 g/mol. The predicted molar refractivity (Wildman–Crippen MR) is 116 cm³/mol. The van der Waals surface area contributed by atoms with Gasteiger partial charge in [-0.1, -0.05) is 36.5 Å². The molecule has 0 unspecified atom stereocenters. The van der Waals surface area contributed by atoms with Gasteiger partial charge in [0.05, 0.1) is 10.7 Å². The highest BCUT2D eigenvalue weighted by molar-refractivity contribution is 6.36. The lowest BCUT2D eigenvalue weighted by atomic mass is 10.1. The van der Waals surface area contributed by atoms with Gasteiger partial charge in [0, 0.05) is 35.9 Å². The number of hydrogen-bond acceptors (Lipinski definition) is 3. The first kappa shape index (κ1) is 20.0. The standard InChI is InChI=1S/C21H26Cl2N4/c1-5-8-11-26(6-2)18-12-14(4)24-20-19(25-27(7-3)21(18)20)16-10-9-15(22)13-17(16)23/h9-10,12-13H,5-8,11H2,1-4H3. The van der Waals surface area contributed by atoms with Crippen molar-refractivity contribution < 1.29 is 0 Å². The van der Waals surface area contributed by atoms with E-state index in [4.69, 9.17) is 33.3 Å². The summed E-state index contributed by atoms with van der Waals surface area (Å²) in [7, 11) is 0. The third-order valence-electron chi connectivity index (χ3n) is 4.79. The van der Waals surface area contributed by atoms with Crippen LogP contribution in [0.15, 0.2) is 24.3 Å². The van der Waals surface area contributed by atoms with E-state index in [1.165, 1.54) is 12.1 Å². The first-order chi connectivity index (χ1) is 13.0. The van der Waals surface area contributed by atoms with Gasteiger partial charge in [0.25, 0.3) is 0 Å². The van der Waals surface area contributed by atoms with E-state index < -0.39 is 0 Å². The van der Waals surface area contributed by atoms with Gasteiger partial charge in [-0.3, -0.25) is 4.68 Å². The first-order valence-electron chi connectivity index (χ1n) is 9.58. The number of aryl methyl sites for hydroxylation is 2. The monoisotopic (exact) mass is 404 g/mol. The molecule has 0 saturated carbocycles. The van der Waals surface area contributed by atoms with Crippen molar-refractivity contribution in [2.24, 2.45) is 0 Å². The summed E-state index contributed by atoms with van der Waals surface area (Å²) >= 11 is 12.6. The molecule has 0 aliphatic rings. The maximum atomic E-state index is 6.48. The molecule has 0 bridgehead atoms. The average Bonchev–Trinajstić information content (AvgIpc) is 3.00. The molecule has 0 N–H and O–H groups in total. The lowest BCUT2D eigenvalue weighted by Crippen LogP contribution is -2.24. The highest BCUT2D eigenvalue weighted by Crippen LogP contribution is 2.37. The van der Waals surface area contributed by atoms with Crippen molar-refractivity contribution in [3.05, 3.63) is 40.0 Å². The highest BCUT2D eigenvalue weighted by atomic mass is 35.5. The second-order valence-corrected chi connectivity index (χ2v) is 7.55. The number of aromatic nitrogens is 3. The summed E-state index contributed by atoms with van der Waals surface area (Å²) < 4.78 is 2.03. The zero-order valence-electron chi connectivity index (χ0n) is 16.4. The number of unbranched alkanes of at least 4 members (excludes halogenated alkanes) is 1. The van der Waals surface area contributed by atoms with Gasteiger partial charge in [0.2, 0.25) is 0 Å². The predicted octanol–water partition coefficient (Wildman–Crippen LogP) is 6.36. The van der Waals surface area contributed by atoms with Crippen LogP contribution >= 0.6 is 23.2 Å². The molecule has 0 radical (unpaired) electrons. The lowest BCUT2D eigenvalue weighted by Gasteiger charge is -2.24. The summed E-state index contributed by atoms with van der Waals surface area (Å²) in [6.07, 6.45) is 2.33. The Morgan fingerprint density at radius 1 is 1.11 bits per heavy atom. The average molecular weight is 405 g/mol. The van der Waals surface area contributed by atoms with Gasteiger partial charge in [-0.25, -0.2) is 4.98 Å². The normalized spacial score (nSPS) is 11.3. The van der Waals surface area contributed by atoms with Crippen LogP contribution in [0.25, 0.3) is 22.3 Å². The second-order valence-electron chi connectivity index (χ2n) is 6.70. The first-order valence-corrected chi connectivity index (χ1v) is 10.3. The third kappa shape index (κ3) is 3.92. The lowest BCUT2D eigenvalue weighted by molar-refractivity contribution is 0.681. The maximum absolute atomic E-state index is 6.48. The summed E-state index contributed by atoms with van der Waals surface area (Å²) in [5.41, 5.74) is 5.81. The minimum atomic E-state index is 0.591. The number of benzene rings is 1. The summed E-state index contributed by atoms with van der Waals surface area (Å²) in [5.74, 6) is 0. The van der Waals surface area contributed by atoms with Crippen LogP contribution in [0.5, 0.6) is 0 Å². The Labute approximate surface area is 171 Å². The summed E-state index contributed by atoms with van der Waals surface area (Å²) in [5, 5.41) is 6.07. The maximum Gasteiger partial charge on any atom is 0.120 e. The smallest absolute Gasteiger partial charge is 0.120 e. The quantitative estimate of drug-likeness (QED) is 0.459. The summed E-state index contributed by atoms with van der Waals surface area (Å²) in [4.78, 5) is 7.26. The molecule has 0 atom stereocenters. The fourth-order valence-electron chi connectivity index (χ4n) is 3.42. The van der Waals surface area contributed by atoms with Crippen LogP contribution in [0, 0.1) is 6.92 Å². The molecule has 0 spiro atoms. The van der Waals surface area contributed by atoms with Crippen LogP contribution in [-0.4, -0.2) is 27.9 Å². The number of nitrogens with zero attached hydrogens (tertiary/aromatic N) is 4. The Morgan fingerprint density at radius 3 is 2.52 bits per heavy atom. The van der Waals surface area contributed by atoms with E-state index in [9.17, 15) is 0 Å². The van der Waals surface area contributed by atoms with Gasteiger partial charge in [0.15, 0.2) is 0 Å². The number of hydrogen-bond donors (Lipinski definition) is 0. The van der Waals surface area contributed by atoms with Crippen molar-refractivity contribution >= 4 is 39.9 Å². The highest BCUT2D eigenvalue weighted by Gasteiger charge is 2.21. The largest absolute Gasteiger partial charge is 0.370 e. The van der Waals surface area contributed by atoms with Crippen molar-refractivity contribution in [2.75, 3.05) is 18.0 Å². The molecule has 0 amide bonds. The van der Waals surface area contributed by atoms with Gasteiger partial charge in [-0.05, 0) is 51.5 Å². The molecule has 0 saturated heterocycles. The molecule has 27 heavy (non-hydrogen) atoms. The Morgan fingerprint density at radius 2 is 1.89 bits per heavy atom. The number of fused-ring (bicyclic) bond motifs is 1. The molecule has 3 aromatic rings. The topological polar surface area (TPSA) is 34.0 Å². The van der Waals surface area contributed by atoms with Crippen molar-refractivity contribution in [2.45, 2.75) is 47.1 Å².